The Balaban J connectivity index is 2.08. The maximum absolute atomic E-state index is 5.90. The fraction of sp³-hybridized carbons (Fsp3) is 0.667. The van der Waals surface area contributed by atoms with Crippen molar-refractivity contribution in [1.29, 1.82) is 0 Å². The summed E-state index contributed by atoms with van der Waals surface area (Å²) in [5, 5.41) is 0.330. The van der Waals surface area contributed by atoms with E-state index in [-0.39, 0.29) is 12.1 Å². The first kappa shape index (κ1) is 12.4. The van der Waals surface area contributed by atoms with E-state index in [9.17, 15) is 0 Å². The zero-order valence-corrected chi connectivity index (χ0v) is 10.8. The minimum atomic E-state index is 0.163. The molecule has 0 aromatic carbocycles. The normalized spacial score (nSPS) is 24.6. The number of ether oxygens (including phenoxy) is 1. The molecule has 1 aromatic heterocycles. The van der Waals surface area contributed by atoms with Crippen molar-refractivity contribution < 1.29 is 4.74 Å². The summed E-state index contributed by atoms with van der Waals surface area (Å²) in [6.07, 6.45) is 6.20. The van der Waals surface area contributed by atoms with Gasteiger partial charge in [-0.3, -0.25) is 0 Å². The van der Waals surface area contributed by atoms with Crippen molar-refractivity contribution in [3.8, 4) is 5.88 Å². The van der Waals surface area contributed by atoms with Gasteiger partial charge in [-0.15, -0.1) is 0 Å². The molecule has 0 amide bonds. The minimum absolute atomic E-state index is 0.163. The van der Waals surface area contributed by atoms with Gasteiger partial charge in [0.25, 0.3) is 0 Å². The lowest BCUT2D eigenvalue weighted by molar-refractivity contribution is 0.0859. The number of nitrogens with two attached hydrogens (primary N) is 1. The van der Waals surface area contributed by atoms with Gasteiger partial charge in [-0.2, -0.15) is 4.98 Å². The summed E-state index contributed by atoms with van der Waals surface area (Å²) >= 11 is 5.83. The van der Waals surface area contributed by atoms with E-state index in [4.69, 9.17) is 22.1 Å². The van der Waals surface area contributed by atoms with Crippen molar-refractivity contribution >= 4 is 17.5 Å². The molecule has 1 aliphatic rings. The molecule has 0 bridgehead atoms. The van der Waals surface area contributed by atoms with Gasteiger partial charge < -0.3 is 10.5 Å². The number of rotatable bonds is 3. The minimum Gasteiger partial charge on any atom is -0.474 e. The molecule has 1 saturated carbocycles. The molecule has 17 heavy (non-hydrogen) atoms. The first-order valence-electron chi connectivity index (χ1n) is 6.15. The molecular formula is C12H18ClN3O. The lowest BCUT2D eigenvalue weighted by Crippen LogP contribution is -2.30. The number of nitrogen functional groups attached to an aromatic ring is 1. The highest BCUT2D eigenvalue weighted by Crippen LogP contribution is 2.30. The molecule has 1 aliphatic carbocycles. The number of hydrogen-bond acceptors (Lipinski definition) is 4. The van der Waals surface area contributed by atoms with Crippen molar-refractivity contribution in [3.05, 3.63) is 11.2 Å². The molecule has 0 radical (unpaired) electrons. The van der Waals surface area contributed by atoms with Gasteiger partial charge in [-0.25, -0.2) is 4.98 Å². The maximum atomic E-state index is 5.90. The average Bonchev–Trinajstić information content (AvgIpc) is 2.28. The van der Waals surface area contributed by atoms with Gasteiger partial charge in [-0.05, 0) is 31.6 Å². The van der Waals surface area contributed by atoms with Gasteiger partial charge >= 0.3 is 0 Å². The second kappa shape index (κ2) is 5.54. The monoisotopic (exact) mass is 255 g/mol. The summed E-state index contributed by atoms with van der Waals surface area (Å²) in [7, 11) is 0. The lowest BCUT2D eigenvalue weighted by atomic mass is 9.85. The highest BCUT2D eigenvalue weighted by atomic mass is 35.5. The Hall–Kier alpha value is -1.03. The zero-order chi connectivity index (χ0) is 12.3. The van der Waals surface area contributed by atoms with Gasteiger partial charge in [0, 0.05) is 6.07 Å². The number of anilines is 1. The topological polar surface area (TPSA) is 61.0 Å². The van der Waals surface area contributed by atoms with Crippen LogP contribution in [0.25, 0.3) is 0 Å². The van der Waals surface area contributed by atoms with E-state index >= 15 is 0 Å². The molecule has 1 aromatic rings. The summed E-state index contributed by atoms with van der Waals surface area (Å²) < 4.78 is 5.90. The van der Waals surface area contributed by atoms with Crippen LogP contribution < -0.4 is 10.5 Å². The van der Waals surface area contributed by atoms with Crippen LogP contribution in [0, 0.1) is 5.92 Å². The van der Waals surface area contributed by atoms with Crippen LogP contribution in [0.4, 0.5) is 5.95 Å². The lowest BCUT2D eigenvalue weighted by Gasteiger charge is -2.30. The smallest absolute Gasteiger partial charge is 0.224 e. The van der Waals surface area contributed by atoms with E-state index in [1.165, 1.54) is 19.3 Å². The number of nitrogens with zero attached hydrogens (tertiary/aromatic N) is 2. The van der Waals surface area contributed by atoms with Crippen LogP contribution in [0.15, 0.2) is 6.07 Å². The Morgan fingerprint density at radius 1 is 1.41 bits per heavy atom. The van der Waals surface area contributed by atoms with E-state index in [1.807, 2.05) is 0 Å². The Kier molecular flexibility index (Phi) is 4.05. The summed E-state index contributed by atoms with van der Waals surface area (Å²) in [6.45, 7) is 2.20. The van der Waals surface area contributed by atoms with E-state index in [0.717, 1.165) is 12.8 Å². The standard InChI is InChI=1S/C12H18ClN3O/c1-2-8-5-3-4-6-9(8)17-11-7-10(13)15-12(14)16-11/h7-9H,2-6H2,1H3,(H2,14,15,16). The molecular weight excluding hydrogens is 238 g/mol. The molecule has 1 fully saturated rings. The van der Waals surface area contributed by atoms with Crippen molar-refractivity contribution in [2.24, 2.45) is 5.92 Å². The number of halogens is 1. The van der Waals surface area contributed by atoms with Crippen LogP contribution in [-0.4, -0.2) is 16.1 Å². The van der Waals surface area contributed by atoms with Gasteiger partial charge in [0.2, 0.25) is 11.8 Å². The predicted octanol–water partition coefficient (Wildman–Crippen LogP) is 3.06. The number of hydrogen-bond donors (Lipinski definition) is 1. The van der Waals surface area contributed by atoms with Crippen LogP contribution in [0.5, 0.6) is 5.88 Å². The highest BCUT2D eigenvalue weighted by Gasteiger charge is 2.25. The molecule has 2 atom stereocenters. The highest BCUT2D eigenvalue weighted by molar-refractivity contribution is 6.29. The molecule has 0 saturated heterocycles. The first-order chi connectivity index (χ1) is 8.19. The third-order valence-electron chi connectivity index (χ3n) is 3.32. The van der Waals surface area contributed by atoms with Gasteiger partial charge in [0.15, 0.2) is 0 Å². The van der Waals surface area contributed by atoms with E-state index < -0.39 is 0 Å². The van der Waals surface area contributed by atoms with Crippen LogP contribution in [0.2, 0.25) is 5.15 Å². The van der Waals surface area contributed by atoms with E-state index in [0.29, 0.717) is 17.0 Å². The van der Waals surface area contributed by atoms with Crippen LogP contribution >= 0.6 is 11.6 Å². The van der Waals surface area contributed by atoms with Crippen molar-refractivity contribution in [1.82, 2.24) is 9.97 Å². The summed E-state index contributed by atoms with van der Waals surface area (Å²) in [6, 6.07) is 1.62. The molecule has 94 valence electrons. The molecule has 2 N–H and O–H groups in total. The van der Waals surface area contributed by atoms with Crippen LogP contribution in [0.1, 0.15) is 39.0 Å². The van der Waals surface area contributed by atoms with E-state index in [1.54, 1.807) is 6.07 Å². The zero-order valence-electron chi connectivity index (χ0n) is 10.0. The molecule has 0 spiro atoms. The second-order valence-corrected chi connectivity index (χ2v) is 4.88. The SMILES string of the molecule is CCC1CCCCC1Oc1cc(Cl)nc(N)n1. The largest absolute Gasteiger partial charge is 0.474 e. The first-order valence-corrected chi connectivity index (χ1v) is 6.53. The number of aromatic nitrogens is 2. The van der Waals surface area contributed by atoms with Gasteiger partial charge in [-0.1, -0.05) is 24.9 Å². The fourth-order valence-corrected chi connectivity index (χ4v) is 2.60. The summed E-state index contributed by atoms with van der Waals surface area (Å²) in [5.41, 5.74) is 5.55. The van der Waals surface area contributed by atoms with Crippen LogP contribution in [-0.2, 0) is 0 Å². The average molecular weight is 256 g/mol. The van der Waals surface area contributed by atoms with Gasteiger partial charge in [0.05, 0.1) is 0 Å². The third kappa shape index (κ3) is 3.22. The maximum Gasteiger partial charge on any atom is 0.224 e. The second-order valence-electron chi connectivity index (χ2n) is 4.50. The molecule has 2 unspecified atom stereocenters. The summed E-state index contributed by atoms with van der Waals surface area (Å²) in [5.74, 6) is 1.27. The van der Waals surface area contributed by atoms with Crippen molar-refractivity contribution in [2.45, 2.75) is 45.1 Å². The van der Waals surface area contributed by atoms with Crippen molar-refractivity contribution in [3.63, 3.8) is 0 Å². The molecule has 1 heterocycles. The Morgan fingerprint density at radius 2 is 2.18 bits per heavy atom. The summed E-state index contributed by atoms with van der Waals surface area (Å²) in [4.78, 5) is 7.88. The van der Waals surface area contributed by atoms with E-state index in [2.05, 4.69) is 16.9 Å². The molecule has 5 heteroatoms. The molecule has 4 nitrogen and oxygen atoms in total. The Morgan fingerprint density at radius 3 is 2.88 bits per heavy atom. The van der Waals surface area contributed by atoms with Crippen molar-refractivity contribution in [2.75, 3.05) is 5.73 Å². The Labute approximate surface area is 107 Å². The quantitative estimate of drug-likeness (QED) is 0.844. The molecule has 0 aliphatic heterocycles. The predicted molar refractivity (Wildman–Crippen MR) is 68.1 cm³/mol. The van der Waals surface area contributed by atoms with Gasteiger partial charge in [0.1, 0.15) is 11.3 Å². The Bertz CT molecular complexity index is 366. The van der Waals surface area contributed by atoms with Crippen LogP contribution in [0.3, 0.4) is 0 Å². The third-order valence-corrected chi connectivity index (χ3v) is 3.52. The fourth-order valence-electron chi connectivity index (χ4n) is 2.43. The molecule has 2 rings (SSSR count).